The molecule has 0 unspecified atom stereocenters. The predicted octanol–water partition coefficient (Wildman–Crippen LogP) is 2.06. The Labute approximate surface area is 158 Å². The number of hydrogen-bond donors (Lipinski definition) is 3. The van der Waals surface area contributed by atoms with Gasteiger partial charge in [0.05, 0.1) is 12.1 Å². The monoisotopic (exact) mass is 369 g/mol. The van der Waals surface area contributed by atoms with E-state index in [-0.39, 0.29) is 23.8 Å². The van der Waals surface area contributed by atoms with Gasteiger partial charge >= 0.3 is 6.03 Å². The molecule has 5 nitrogen and oxygen atoms in total. The quantitative estimate of drug-likeness (QED) is 0.776. The summed E-state index contributed by atoms with van der Waals surface area (Å²) in [6.07, 6.45) is 0.356. The van der Waals surface area contributed by atoms with Crippen LogP contribution in [0.3, 0.4) is 0 Å². The molecule has 0 saturated carbocycles. The lowest BCUT2D eigenvalue weighted by atomic mass is 9.88. The van der Waals surface area contributed by atoms with Gasteiger partial charge in [0, 0.05) is 32.1 Å². The Kier molecular flexibility index (Phi) is 5.09. The van der Waals surface area contributed by atoms with Crippen LogP contribution < -0.4 is 10.6 Å². The van der Waals surface area contributed by atoms with Crippen molar-refractivity contribution in [2.24, 2.45) is 5.92 Å². The summed E-state index contributed by atoms with van der Waals surface area (Å²) < 4.78 is 13.4. The zero-order valence-corrected chi connectivity index (χ0v) is 15.1. The molecule has 0 bridgehead atoms. The number of aliphatic hydroxyl groups is 1. The molecule has 2 heterocycles. The maximum atomic E-state index is 13.4. The maximum Gasteiger partial charge on any atom is 0.318 e. The van der Waals surface area contributed by atoms with E-state index in [0.29, 0.717) is 26.2 Å². The van der Waals surface area contributed by atoms with Crippen LogP contribution in [0.2, 0.25) is 0 Å². The summed E-state index contributed by atoms with van der Waals surface area (Å²) in [5.41, 5.74) is 3.18. The van der Waals surface area contributed by atoms with Gasteiger partial charge in [0.2, 0.25) is 0 Å². The van der Waals surface area contributed by atoms with Crippen molar-refractivity contribution < 1.29 is 14.3 Å². The highest BCUT2D eigenvalue weighted by molar-refractivity contribution is 5.76. The number of nitrogens with zero attached hydrogens (tertiary/aromatic N) is 1. The Bertz CT molecular complexity index is 811. The van der Waals surface area contributed by atoms with Crippen LogP contribution in [0.4, 0.5) is 9.18 Å². The minimum Gasteiger partial charge on any atom is -0.391 e. The summed E-state index contributed by atoms with van der Waals surface area (Å²) in [4.78, 5) is 14.8. The van der Waals surface area contributed by atoms with Crippen LogP contribution in [-0.2, 0) is 6.42 Å². The van der Waals surface area contributed by atoms with Crippen LogP contribution in [-0.4, -0.2) is 48.3 Å². The molecule has 142 valence electrons. The molecule has 0 aromatic heterocycles. The minimum absolute atomic E-state index is 0.0234. The third-order valence-electron chi connectivity index (χ3n) is 5.55. The lowest BCUT2D eigenvalue weighted by Gasteiger charge is -2.38. The molecule has 3 N–H and O–H groups in total. The van der Waals surface area contributed by atoms with Crippen molar-refractivity contribution in [3.05, 3.63) is 71.0 Å². The molecular weight excluding hydrogens is 345 g/mol. The zero-order chi connectivity index (χ0) is 18.8. The van der Waals surface area contributed by atoms with Gasteiger partial charge in [-0.3, -0.25) is 0 Å². The molecule has 4 rings (SSSR count). The van der Waals surface area contributed by atoms with Crippen LogP contribution in [0.25, 0.3) is 0 Å². The number of nitrogens with one attached hydrogen (secondary N) is 2. The van der Waals surface area contributed by atoms with Crippen LogP contribution >= 0.6 is 0 Å². The predicted molar refractivity (Wildman–Crippen MR) is 101 cm³/mol. The zero-order valence-electron chi connectivity index (χ0n) is 15.1. The minimum atomic E-state index is -0.430. The average molecular weight is 369 g/mol. The Morgan fingerprint density at radius 1 is 1.19 bits per heavy atom. The van der Waals surface area contributed by atoms with Gasteiger partial charge in [-0.25, -0.2) is 9.18 Å². The fourth-order valence-electron chi connectivity index (χ4n) is 4.04. The van der Waals surface area contributed by atoms with Gasteiger partial charge in [0.1, 0.15) is 5.82 Å². The average Bonchev–Trinajstić information content (AvgIpc) is 3.11. The first-order valence-electron chi connectivity index (χ1n) is 9.40. The Morgan fingerprint density at radius 3 is 2.70 bits per heavy atom. The highest BCUT2D eigenvalue weighted by Gasteiger charge is 2.33. The van der Waals surface area contributed by atoms with Crippen LogP contribution in [0, 0.1) is 11.7 Å². The summed E-state index contributed by atoms with van der Waals surface area (Å²) >= 11 is 0. The van der Waals surface area contributed by atoms with E-state index in [1.54, 1.807) is 12.1 Å². The van der Waals surface area contributed by atoms with Crippen LogP contribution in [0.5, 0.6) is 0 Å². The van der Waals surface area contributed by atoms with Crippen molar-refractivity contribution in [1.82, 2.24) is 15.5 Å². The highest BCUT2D eigenvalue weighted by atomic mass is 19.1. The van der Waals surface area contributed by atoms with Crippen molar-refractivity contribution in [1.29, 1.82) is 0 Å². The number of carbonyl (C=O) groups is 1. The largest absolute Gasteiger partial charge is 0.391 e. The number of halogens is 1. The SMILES string of the molecule is O=C(NC[C@@H]1CNC[C@@H]1O)N1CCc2ccccc2[C@@H]1c1ccc(F)cc1. The number of amides is 2. The molecule has 0 spiro atoms. The Balaban J connectivity index is 1.58. The van der Waals surface area contributed by atoms with Gasteiger partial charge in [-0.2, -0.15) is 0 Å². The molecule has 2 aliphatic rings. The van der Waals surface area contributed by atoms with Gasteiger partial charge < -0.3 is 20.6 Å². The number of fused-ring (bicyclic) bond motifs is 1. The Hall–Kier alpha value is -2.44. The second kappa shape index (κ2) is 7.66. The molecular formula is C21H24FN3O2. The number of benzene rings is 2. The lowest BCUT2D eigenvalue weighted by molar-refractivity contribution is 0.141. The molecule has 2 aromatic rings. The van der Waals surface area contributed by atoms with Crippen molar-refractivity contribution in [2.45, 2.75) is 18.6 Å². The number of aliphatic hydroxyl groups excluding tert-OH is 1. The van der Waals surface area contributed by atoms with Crippen molar-refractivity contribution in [3.8, 4) is 0 Å². The Morgan fingerprint density at radius 2 is 1.96 bits per heavy atom. The molecule has 1 saturated heterocycles. The molecule has 2 aliphatic heterocycles. The topological polar surface area (TPSA) is 64.6 Å². The summed E-state index contributed by atoms with van der Waals surface area (Å²) in [6.45, 7) is 2.29. The third-order valence-corrected chi connectivity index (χ3v) is 5.55. The van der Waals surface area contributed by atoms with E-state index < -0.39 is 6.10 Å². The van der Waals surface area contributed by atoms with E-state index in [1.165, 1.54) is 17.7 Å². The summed E-state index contributed by atoms with van der Waals surface area (Å²) in [7, 11) is 0. The van der Waals surface area contributed by atoms with Crippen molar-refractivity contribution in [3.63, 3.8) is 0 Å². The molecule has 6 heteroatoms. The van der Waals surface area contributed by atoms with E-state index in [0.717, 1.165) is 17.5 Å². The molecule has 3 atom stereocenters. The summed E-state index contributed by atoms with van der Waals surface area (Å²) in [6, 6.07) is 14.0. The molecule has 2 amide bonds. The van der Waals surface area contributed by atoms with E-state index in [2.05, 4.69) is 16.7 Å². The van der Waals surface area contributed by atoms with Gasteiger partial charge in [-0.05, 0) is 35.2 Å². The van der Waals surface area contributed by atoms with Crippen LogP contribution in [0.15, 0.2) is 48.5 Å². The highest BCUT2D eigenvalue weighted by Crippen LogP contribution is 2.35. The number of urea groups is 1. The van der Waals surface area contributed by atoms with E-state index in [9.17, 15) is 14.3 Å². The molecule has 1 fully saturated rings. The van der Waals surface area contributed by atoms with Crippen molar-refractivity contribution in [2.75, 3.05) is 26.2 Å². The number of hydrogen-bond acceptors (Lipinski definition) is 3. The summed E-state index contributed by atoms with van der Waals surface area (Å²) in [5.74, 6) is -0.267. The molecule has 27 heavy (non-hydrogen) atoms. The number of rotatable bonds is 3. The van der Waals surface area contributed by atoms with Gasteiger partial charge in [-0.15, -0.1) is 0 Å². The van der Waals surface area contributed by atoms with E-state index in [4.69, 9.17) is 0 Å². The first-order chi connectivity index (χ1) is 13.1. The normalized spacial score (nSPS) is 24.5. The standard InChI is InChI=1S/C21H24FN3O2/c22-17-7-5-15(6-8-17)20-18-4-2-1-3-14(18)9-10-25(20)21(27)24-12-16-11-23-13-19(16)26/h1-8,16,19-20,23,26H,9-13H2,(H,24,27)/t16-,19-,20-/m0/s1. The second-order valence-corrected chi connectivity index (χ2v) is 7.27. The van der Waals surface area contributed by atoms with Gasteiger partial charge in [-0.1, -0.05) is 36.4 Å². The van der Waals surface area contributed by atoms with Gasteiger partial charge in [0.25, 0.3) is 0 Å². The number of carbonyl (C=O) groups excluding carboxylic acids is 1. The molecule has 0 aliphatic carbocycles. The first kappa shape index (κ1) is 17.9. The molecule has 2 aromatic carbocycles. The van der Waals surface area contributed by atoms with Crippen molar-refractivity contribution >= 4 is 6.03 Å². The van der Waals surface area contributed by atoms with E-state index >= 15 is 0 Å². The van der Waals surface area contributed by atoms with Gasteiger partial charge in [0.15, 0.2) is 0 Å². The lowest BCUT2D eigenvalue weighted by Crippen LogP contribution is -2.48. The maximum absolute atomic E-state index is 13.4. The molecule has 0 radical (unpaired) electrons. The number of β-amino-alcohol motifs (C(OH)–C–C–N with tert-alkyl or cyclic N) is 1. The van der Waals surface area contributed by atoms with Crippen LogP contribution in [0.1, 0.15) is 22.7 Å². The fraction of sp³-hybridized carbons (Fsp3) is 0.381. The smallest absolute Gasteiger partial charge is 0.318 e. The third kappa shape index (κ3) is 3.68. The summed E-state index contributed by atoms with van der Waals surface area (Å²) in [5, 5.41) is 16.0. The fourth-order valence-corrected chi connectivity index (χ4v) is 4.04. The van der Waals surface area contributed by atoms with E-state index in [1.807, 2.05) is 23.1 Å². The first-order valence-corrected chi connectivity index (χ1v) is 9.40. The second-order valence-electron chi connectivity index (χ2n) is 7.27.